The number of nitro benzene ring substituents is 1. The first-order valence-corrected chi connectivity index (χ1v) is 7.86. The normalized spacial score (nSPS) is 22.9. The summed E-state index contributed by atoms with van der Waals surface area (Å²) in [5, 5.41) is 10.8. The van der Waals surface area contributed by atoms with Crippen molar-refractivity contribution in [2.75, 3.05) is 5.73 Å². The number of benzene rings is 1. The van der Waals surface area contributed by atoms with Gasteiger partial charge in [-0.3, -0.25) is 10.1 Å². The van der Waals surface area contributed by atoms with Crippen molar-refractivity contribution in [1.29, 1.82) is 0 Å². The van der Waals surface area contributed by atoms with Gasteiger partial charge >= 0.3 is 0 Å². The number of sulfonamides is 1. The quantitative estimate of drug-likeness (QED) is 0.498. The molecule has 2 unspecified atom stereocenters. The zero-order valence-corrected chi connectivity index (χ0v) is 11.9. The molecule has 110 valence electrons. The van der Waals surface area contributed by atoms with Crippen molar-refractivity contribution in [2.45, 2.75) is 37.1 Å². The Bertz CT molecular complexity index is 630. The molecule has 2 atom stereocenters. The lowest BCUT2D eigenvalue weighted by Gasteiger charge is -2.17. The van der Waals surface area contributed by atoms with Crippen molar-refractivity contribution in [2.24, 2.45) is 5.92 Å². The maximum absolute atomic E-state index is 12.2. The molecule has 0 aromatic heterocycles. The van der Waals surface area contributed by atoms with Crippen LogP contribution < -0.4 is 10.5 Å². The third-order valence-electron chi connectivity index (χ3n) is 3.68. The molecule has 7 nitrogen and oxygen atoms in total. The molecule has 1 aliphatic rings. The molecule has 1 aromatic rings. The van der Waals surface area contributed by atoms with Crippen LogP contribution in [0, 0.1) is 16.0 Å². The summed E-state index contributed by atoms with van der Waals surface area (Å²) in [7, 11) is -3.76. The molecule has 0 saturated heterocycles. The van der Waals surface area contributed by atoms with E-state index in [0.29, 0.717) is 0 Å². The minimum atomic E-state index is -3.76. The van der Waals surface area contributed by atoms with Gasteiger partial charge in [0.2, 0.25) is 10.0 Å². The molecular weight excluding hydrogens is 282 g/mol. The van der Waals surface area contributed by atoms with Gasteiger partial charge in [-0.2, -0.15) is 0 Å². The monoisotopic (exact) mass is 299 g/mol. The van der Waals surface area contributed by atoms with Crippen molar-refractivity contribution >= 4 is 21.4 Å². The Hall–Kier alpha value is -1.67. The molecule has 1 aromatic carbocycles. The number of nitrogens with one attached hydrogen (secondary N) is 1. The fourth-order valence-corrected chi connectivity index (χ4v) is 3.84. The molecule has 3 N–H and O–H groups in total. The standard InChI is InChI=1S/C12H17N3O4S/c1-8-3-2-4-11(8)14-20(18,19)9-5-6-10(13)12(7-9)15(16)17/h5-8,11,14H,2-4,13H2,1H3. The fourth-order valence-electron chi connectivity index (χ4n) is 2.44. The van der Waals surface area contributed by atoms with E-state index in [2.05, 4.69) is 4.72 Å². The fraction of sp³-hybridized carbons (Fsp3) is 0.500. The maximum atomic E-state index is 12.2. The van der Waals surface area contributed by atoms with Crippen LogP contribution in [0.3, 0.4) is 0 Å². The Labute approximate surface area is 117 Å². The molecule has 0 aliphatic heterocycles. The summed E-state index contributed by atoms with van der Waals surface area (Å²) in [6, 6.07) is 3.41. The van der Waals surface area contributed by atoms with Crippen LogP contribution in [0.15, 0.2) is 23.1 Å². The molecule has 0 spiro atoms. The Kier molecular flexibility index (Phi) is 3.96. The van der Waals surface area contributed by atoms with Crippen LogP contribution >= 0.6 is 0 Å². The van der Waals surface area contributed by atoms with Gasteiger partial charge in [0.1, 0.15) is 5.69 Å². The summed E-state index contributed by atoms with van der Waals surface area (Å²) >= 11 is 0. The van der Waals surface area contributed by atoms with Gasteiger partial charge in [-0.05, 0) is 30.9 Å². The van der Waals surface area contributed by atoms with Crippen LogP contribution in [-0.4, -0.2) is 19.4 Å². The van der Waals surface area contributed by atoms with Gasteiger partial charge in [0.25, 0.3) is 5.69 Å². The average molecular weight is 299 g/mol. The molecule has 0 heterocycles. The second-order valence-electron chi connectivity index (χ2n) is 5.11. The van der Waals surface area contributed by atoms with Crippen LogP contribution in [0.4, 0.5) is 11.4 Å². The first-order valence-electron chi connectivity index (χ1n) is 6.37. The van der Waals surface area contributed by atoms with Crippen LogP contribution in [0.5, 0.6) is 0 Å². The van der Waals surface area contributed by atoms with Gasteiger partial charge in [0, 0.05) is 12.1 Å². The largest absolute Gasteiger partial charge is 0.393 e. The van der Waals surface area contributed by atoms with E-state index in [-0.39, 0.29) is 22.5 Å². The number of nitrogens with two attached hydrogens (primary N) is 1. The van der Waals surface area contributed by atoms with Gasteiger partial charge in [-0.25, -0.2) is 13.1 Å². The molecule has 2 rings (SSSR count). The van der Waals surface area contributed by atoms with E-state index >= 15 is 0 Å². The lowest BCUT2D eigenvalue weighted by Crippen LogP contribution is -2.36. The highest BCUT2D eigenvalue weighted by Crippen LogP contribution is 2.28. The lowest BCUT2D eigenvalue weighted by atomic mass is 10.1. The van der Waals surface area contributed by atoms with Crippen molar-refractivity contribution in [1.82, 2.24) is 4.72 Å². The zero-order valence-electron chi connectivity index (χ0n) is 11.1. The highest BCUT2D eigenvalue weighted by atomic mass is 32.2. The van der Waals surface area contributed by atoms with Crippen LogP contribution in [0.1, 0.15) is 26.2 Å². The number of nitro groups is 1. The molecule has 1 fully saturated rings. The number of anilines is 1. The van der Waals surface area contributed by atoms with Gasteiger partial charge < -0.3 is 5.73 Å². The van der Waals surface area contributed by atoms with Crippen LogP contribution in [0.2, 0.25) is 0 Å². The molecular formula is C12H17N3O4S. The second kappa shape index (κ2) is 5.37. The van der Waals surface area contributed by atoms with Crippen molar-refractivity contribution in [3.05, 3.63) is 28.3 Å². The Morgan fingerprint density at radius 1 is 1.40 bits per heavy atom. The van der Waals surface area contributed by atoms with E-state index in [4.69, 9.17) is 5.73 Å². The summed E-state index contributed by atoms with van der Waals surface area (Å²) in [4.78, 5) is 9.99. The topological polar surface area (TPSA) is 115 Å². The number of nitrogen functional groups attached to an aromatic ring is 1. The Morgan fingerprint density at radius 2 is 2.10 bits per heavy atom. The summed E-state index contributed by atoms with van der Waals surface area (Å²) in [5.41, 5.74) is 5.01. The summed E-state index contributed by atoms with van der Waals surface area (Å²) < 4.78 is 27.1. The average Bonchev–Trinajstić information content (AvgIpc) is 2.74. The number of rotatable bonds is 4. The van der Waals surface area contributed by atoms with Gasteiger partial charge in [0.15, 0.2) is 0 Å². The first-order chi connectivity index (χ1) is 9.31. The van der Waals surface area contributed by atoms with E-state index in [1.165, 1.54) is 12.1 Å². The minimum absolute atomic E-state index is 0.0526. The predicted molar refractivity (Wildman–Crippen MR) is 74.6 cm³/mol. The molecule has 0 radical (unpaired) electrons. The third kappa shape index (κ3) is 2.91. The highest BCUT2D eigenvalue weighted by Gasteiger charge is 2.29. The smallest absolute Gasteiger partial charge is 0.293 e. The molecule has 8 heteroatoms. The molecule has 20 heavy (non-hydrogen) atoms. The van der Waals surface area contributed by atoms with Crippen molar-refractivity contribution in [3.8, 4) is 0 Å². The van der Waals surface area contributed by atoms with E-state index in [1.54, 1.807) is 0 Å². The minimum Gasteiger partial charge on any atom is -0.393 e. The van der Waals surface area contributed by atoms with Gasteiger partial charge in [-0.15, -0.1) is 0 Å². The number of hydrogen-bond acceptors (Lipinski definition) is 5. The molecule has 1 aliphatic carbocycles. The van der Waals surface area contributed by atoms with Crippen LogP contribution in [-0.2, 0) is 10.0 Å². The number of nitrogens with zero attached hydrogens (tertiary/aromatic N) is 1. The first kappa shape index (κ1) is 14.7. The number of hydrogen-bond donors (Lipinski definition) is 2. The lowest BCUT2D eigenvalue weighted by molar-refractivity contribution is -0.384. The summed E-state index contributed by atoms with van der Waals surface area (Å²) in [6.45, 7) is 1.99. The van der Waals surface area contributed by atoms with Gasteiger partial charge in [-0.1, -0.05) is 13.3 Å². The Balaban J connectivity index is 2.30. The summed E-state index contributed by atoms with van der Waals surface area (Å²) in [5.74, 6) is 0.272. The van der Waals surface area contributed by atoms with E-state index in [0.717, 1.165) is 25.3 Å². The SMILES string of the molecule is CC1CCCC1NS(=O)(=O)c1ccc(N)c([N+](=O)[O-])c1. The van der Waals surface area contributed by atoms with Crippen molar-refractivity contribution < 1.29 is 13.3 Å². The third-order valence-corrected chi connectivity index (χ3v) is 5.16. The zero-order chi connectivity index (χ0) is 14.9. The summed E-state index contributed by atoms with van der Waals surface area (Å²) in [6.07, 6.45) is 2.75. The second-order valence-corrected chi connectivity index (χ2v) is 6.83. The highest BCUT2D eigenvalue weighted by molar-refractivity contribution is 7.89. The molecule has 0 amide bonds. The van der Waals surface area contributed by atoms with E-state index in [1.807, 2.05) is 6.92 Å². The van der Waals surface area contributed by atoms with E-state index < -0.39 is 20.6 Å². The van der Waals surface area contributed by atoms with Gasteiger partial charge in [0.05, 0.1) is 9.82 Å². The Morgan fingerprint density at radius 3 is 2.65 bits per heavy atom. The van der Waals surface area contributed by atoms with Crippen LogP contribution in [0.25, 0.3) is 0 Å². The predicted octanol–water partition coefficient (Wildman–Crippen LogP) is 1.64. The van der Waals surface area contributed by atoms with Crippen molar-refractivity contribution in [3.63, 3.8) is 0 Å². The maximum Gasteiger partial charge on any atom is 0.293 e. The molecule has 1 saturated carbocycles. The van der Waals surface area contributed by atoms with E-state index in [9.17, 15) is 18.5 Å². The molecule has 0 bridgehead atoms.